The Morgan fingerprint density at radius 3 is 1.46 bits per heavy atom. The molecule has 4 rings (SSSR count). The number of oxime groups is 1. The highest BCUT2D eigenvalue weighted by Crippen LogP contribution is 2.28. The monoisotopic (exact) mass is 507 g/mol. The highest BCUT2D eigenvalue weighted by atomic mass is 32.2. The van der Waals surface area contributed by atoms with Crippen molar-refractivity contribution >= 4 is 40.8 Å². The van der Waals surface area contributed by atoms with Crippen molar-refractivity contribution in [3.63, 3.8) is 0 Å². The van der Waals surface area contributed by atoms with E-state index in [4.69, 9.17) is 0 Å². The summed E-state index contributed by atoms with van der Waals surface area (Å²) in [5.74, 6) is -2.09. The number of ketones is 3. The van der Waals surface area contributed by atoms with Gasteiger partial charge in [-0.25, -0.2) is 4.79 Å². The minimum atomic E-state index is -0.741. The summed E-state index contributed by atoms with van der Waals surface area (Å²) in [5.41, 5.74) is 1.22. The van der Waals surface area contributed by atoms with Gasteiger partial charge in [0.15, 0.2) is 11.5 Å². The Hall–Kier alpha value is -4.62. The Balaban J connectivity index is 1.48. The zero-order chi connectivity index (χ0) is 26.2. The van der Waals surface area contributed by atoms with Crippen molar-refractivity contribution in [2.75, 3.05) is 0 Å². The molecule has 0 radical (unpaired) electrons. The Labute approximate surface area is 218 Å². The minimum absolute atomic E-state index is 0.0451. The van der Waals surface area contributed by atoms with Gasteiger partial charge in [-0.15, -0.1) is 0 Å². The van der Waals surface area contributed by atoms with E-state index >= 15 is 0 Å². The molecule has 0 fully saturated rings. The molecule has 7 heteroatoms. The van der Waals surface area contributed by atoms with Gasteiger partial charge in [0.25, 0.3) is 0 Å². The second-order valence-electron chi connectivity index (χ2n) is 7.89. The fraction of sp³-hybridized carbons (Fsp3) is 0.0333. The summed E-state index contributed by atoms with van der Waals surface area (Å²) in [7, 11) is 0. The zero-order valence-corrected chi connectivity index (χ0v) is 20.6. The normalized spacial score (nSPS) is 11.0. The van der Waals surface area contributed by atoms with Crippen LogP contribution in [-0.2, 0) is 9.63 Å². The van der Waals surface area contributed by atoms with E-state index in [1.165, 1.54) is 11.8 Å². The molecule has 4 aromatic carbocycles. The molecule has 0 aliphatic rings. The van der Waals surface area contributed by atoms with Crippen LogP contribution in [0, 0.1) is 0 Å². The topological polar surface area (TPSA) is 89.9 Å². The number of benzene rings is 4. The van der Waals surface area contributed by atoms with E-state index in [-0.39, 0.29) is 16.9 Å². The molecular formula is C30H21NO5S. The fourth-order valence-corrected chi connectivity index (χ4v) is 4.22. The predicted octanol–water partition coefficient (Wildman–Crippen LogP) is 6.05. The molecule has 0 heterocycles. The average molecular weight is 508 g/mol. The molecule has 0 bridgehead atoms. The maximum atomic E-state index is 13.1. The number of Topliss-reactive ketones (excluding diaryl/α,β-unsaturated/α-hetero) is 2. The van der Waals surface area contributed by atoms with Crippen LogP contribution in [0.5, 0.6) is 0 Å². The lowest BCUT2D eigenvalue weighted by molar-refractivity contribution is -0.140. The lowest BCUT2D eigenvalue weighted by atomic mass is 9.99. The van der Waals surface area contributed by atoms with Crippen molar-refractivity contribution in [3.8, 4) is 0 Å². The van der Waals surface area contributed by atoms with Gasteiger partial charge in [-0.2, -0.15) is 0 Å². The Morgan fingerprint density at radius 1 is 0.568 bits per heavy atom. The van der Waals surface area contributed by atoms with Crippen molar-refractivity contribution in [1.82, 2.24) is 0 Å². The molecule has 37 heavy (non-hydrogen) atoms. The molecule has 0 saturated carbocycles. The number of hydrogen-bond acceptors (Lipinski definition) is 7. The summed E-state index contributed by atoms with van der Waals surface area (Å²) in [6.07, 6.45) is 0. The number of nitrogens with zero attached hydrogens (tertiary/aromatic N) is 1. The third kappa shape index (κ3) is 6.54. The summed E-state index contributed by atoms with van der Waals surface area (Å²) in [6, 6.07) is 31.2. The Morgan fingerprint density at radius 2 is 0.973 bits per heavy atom. The van der Waals surface area contributed by atoms with Gasteiger partial charge in [0.2, 0.25) is 11.6 Å². The predicted molar refractivity (Wildman–Crippen MR) is 141 cm³/mol. The first kappa shape index (κ1) is 25.5. The lowest BCUT2D eigenvalue weighted by Gasteiger charge is -2.07. The van der Waals surface area contributed by atoms with Crippen molar-refractivity contribution < 1.29 is 24.0 Å². The largest absolute Gasteiger partial charge is 0.332 e. The number of rotatable bonds is 9. The lowest BCUT2D eigenvalue weighted by Crippen LogP contribution is -2.25. The molecule has 4 aromatic rings. The van der Waals surface area contributed by atoms with Gasteiger partial charge in [-0.1, -0.05) is 77.6 Å². The highest BCUT2D eigenvalue weighted by Gasteiger charge is 2.25. The molecule has 0 unspecified atom stereocenters. The highest BCUT2D eigenvalue weighted by molar-refractivity contribution is 7.99. The second kappa shape index (κ2) is 11.9. The third-order valence-electron chi connectivity index (χ3n) is 5.24. The number of hydrogen-bond donors (Lipinski definition) is 0. The van der Waals surface area contributed by atoms with Crippen LogP contribution in [0.3, 0.4) is 0 Å². The van der Waals surface area contributed by atoms with Gasteiger partial charge < -0.3 is 4.84 Å². The molecule has 0 aliphatic carbocycles. The summed E-state index contributed by atoms with van der Waals surface area (Å²) < 4.78 is 0. The van der Waals surface area contributed by atoms with E-state index in [0.717, 1.165) is 16.7 Å². The quantitative estimate of drug-likeness (QED) is 0.0900. The van der Waals surface area contributed by atoms with Crippen LogP contribution < -0.4 is 0 Å². The molecule has 0 saturated heterocycles. The molecule has 0 atom stereocenters. The van der Waals surface area contributed by atoms with Crippen molar-refractivity contribution in [3.05, 3.63) is 131 Å². The van der Waals surface area contributed by atoms with Gasteiger partial charge >= 0.3 is 5.97 Å². The van der Waals surface area contributed by atoms with Crippen LogP contribution in [0.15, 0.2) is 124 Å². The molecule has 0 N–H and O–H groups in total. The third-order valence-corrected chi connectivity index (χ3v) is 6.25. The molecule has 6 nitrogen and oxygen atoms in total. The Bertz CT molecular complexity index is 1460. The van der Waals surface area contributed by atoms with Crippen LogP contribution in [0.25, 0.3) is 0 Å². The van der Waals surface area contributed by atoms with E-state index in [1.54, 1.807) is 78.9 Å². The fourth-order valence-electron chi connectivity index (χ4n) is 3.40. The van der Waals surface area contributed by atoms with Crippen LogP contribution in [0.4, 0.5) is 0 Å². The van der Waals surface area contributed by atoms with Crippen LogP contribution in [-0.4, -0.2) is 29.0 Å². The van der Waals surface area contributed by atoms with Crippen molar-refractivity contribution in [1.29, 1.82) is 0 Å². The van der Waals surface area contributed by atoms with E-state index in [2.05, 4.69) is 9.99 Å². The van der Waals surface area contributed by atoms with Crippen LogP contribution >= 0.6 is 11.8 Å². The summed E-state index contributed by atoms with van der Waals surface area (Å²) in [4.78, 5) is 56.2. The van der Waals surface area contributed by atoms with E-state index in [1.807, 2.05) is 30.3 Å². The second-order valence-corrected chi connectivity index (χ2v) is 9.04. The molecular weight excluding hydrogens is 486 g/mol. The van der Waals surface area contributed by atoms with E-state index in [0.29, 0.717) is 11.1 Å². The van der Waals surface area contributed by atoms with Crippen LogP contribution in [0.2, 0.25) is 0 Å². The molecule has 0 spiro atoms. The van der Waals surface area contributed by atoms with Gasteiger partial charge in [-0.3, -0.25) is 14.4 Å². The maximum absolute atomic E-state index is 13.1. The number of carbonyl (C=O) groups excluding carboxylic acids is 4. The minimum Gasteiger partial charge on any atom is -0.318 e. The first-order chi connectivity index (χ1) is 17.9. The summed E-state index contributed by atoms with van der Waals surface area (Å²) >= 11 is 1.46. The Kier molecular flexibility index (Phi) is 8.18. The van der Waals surface area contributed by atoms with E-state index < -0.39 is 23.2 Å². The number of carbonyl (C=O) groups is 4. The molecule has 0 aliphatic heterocycles. The zero-order valence-electron chi connectivity index (χ0n) is 19.8. The standard InChI is InChI=1S/C30H21NO5S/c1-20(32)36-31-27(29(34)22-10-6-3-7-11-22)30(35)24-14-18-26(19-15-24)37-25-16-12-23(13-17-25)28(33)21-8-4-2-5-9-21/h2-19H,1H3. The van der Waals surface area contributed by atoms with Gasteiger partial charge in [0.05, 0.1) is 0 Å². The van der Waals surface area contributed by atoms with Crippen LogP contribution in [0.1, 0.15) is 43.6 Å². The van der Waals surface area contributed by atoms with Gasteiger partial charge in [0, 0.05) is 39.0 Å². The van der Waals surface area contributed by atoms with E-state index in [9.17, 15) is 19.2 Å². The van der Waals surface area contributed by atoms with Gasteiger partial charge in [0.1, 0.15) is 0 Å². The summed E-state index contributed by atoms with van der Waals surface area (Å²) in [5, 5.41) is 3.55. The first-order valence-corrected chi connectivity index (χ1v) is 12.1. The summed E-state index contributed by atoms with van der Waals surface area (Å²) in [6.45, 7) is 1.13. The molecule has 0 aromatic heterocycles. The SMILES string of the molecule is CC(=O)ON=C(C(=O)c1ccccc1)C(=O)c1ccc(Sc2ccc(C(=O)c3ccccc3)cc2)cc1. The van der Waals surface area contributed by atoms with Gasteiger partial charge in [-0.05, 0) is 48.5 Å². The molecule has 0 amide bonds. The first-order valence-electron chi connectivity index (χ1n) is 11.3. The maximum Gasteiger partial charge on any atom is 0.332 e. The van der Waals surface area contributed by atoms with Crippen molar-refractivity contribution in [2.24, 2.45) is 5.16 Å². The van der Waals surface area contributed by atoms with Crippen molar-refractivity contribution in [2.45, 2.75) is 16.7 Å². The average Bonchev–Trinajstić information content (AvgIpc) is 2.94. The molecule has 182 valence electrons. The smallest absolute Gasteiger partial charge is 0.318 e.